The third kappa shape index (κ3) is 2.28. The second-order valence-electron chi connectivity index (χ2n) is 5.28. The molecule has 2 aromatic rings. The summed E-state index contributed by atoms with van der Waals surface area (Å²) < 4.78 is 16.5. The van der Waals surface area contributed by atoms with Gasteiger partial charge in [0, 0.05) is 0 Å². The Hall–Kier alpha value is -3.01. The van der Waals surface area contributed by atoms with Crippen LogP contribution in [-0.4, -0.2) is 19.5 Å². The van der Waals surface area contributed by atoms with Gasteiger partial charge >= 0.3 is 0 Å². The number of ketones is 1. The Morgan fingerprint density at radius 1 is 1.13 bits per heavy atom. The topological polar surface area (TPSA) is 44.8 Å². The van der Waals surface area contributed by atoms with Crippen molar-refractivity contribution in [3.8, 4) is 17.2 Å². The zero-order valence-electron chi connectivity index (χ0n) is 12.5. The van der Waals surface area contributed by atoms with Gasteiger partial charge in [-0.3, -0.25) is 4.79 Å². The lowest BCUT2D eigenvalue weighted by molar-refractivity contribution is 0.101. The minimum atomic E-state index is -0.113. The fourth-order valence-corrected chi connectivity index (χ4v) is 2.69. The Morgan fingerprint density at radius 2 is 1.96 bits per heavy atom. The molecular weight excluding hydrogens is 292 g/mol. The van der Waals surface area contributed by atoms with Gasteiger partial charge in [0.05, 0.1) is 18.2 Å². The molecule has 0 N–H and O–H groups in total. The van der Waals surface area contributed by atoms with Crippen molar-refractivity contribution < 1.29 is 19.0 Å². The highest BCUT2D eigenvalue weighted by Gasteiger charge is 2.31. The predicted molar refractivity (Wildman–Crippen MR) is 86.9 cm³/mol. The zero-order chi connectivity index (χ0) is 15.8. The number of hydrogen-bond acceptors (Lipinski definition) is 4. The van der Waals surface area contributed by atoms with Crippen molar-refractivity contribution in [1.82, 2.24) is 0 Å². The van der Waals surface area contributed by atoms with Crippen molar-refractivity contribution in [2.75, 3.05) is 13.7 Å². The average molecular weight is 306 g/mol. The summed E-state index contributed by atoms with van der Waals surface area (Å²) in [6.07, 6.45) is 5.57. The van der Waals surface area contributed by atoms with E-state index in [1.54, 1.807) is 19.3 Å². The van der Waals surface area contributed by atoms with E-state index < -0.39 is 0 Å². The van der Waals surface area contributed by atoms with Crippen LogP contribution in [0.5, 0.6) is 17.2 Å². The molecule has 0 aliphatic carbocycles. The second kappa shape index (κ2) is 5.32. The van der Waals surface area contributed by atoms with Gasteiger partial charge in [-0.1, -0.05) is 12.1 Å². The maximum Gasteiger partial charge on any atom is 0.231 e. The number of Topliss-reactive ketones (excluding diaryl/α,β-unsaturated/α-hetero) is 1. The summed E-state index contributed by atoms with van der Waals surface area (Å²) in [6, 6.07) is 11.0. The molecule has 0 saturated heterocycles. The van der Waals surface area contributed by atoms with E-state index in [-0.39, 0.29) is 5.78 Å². The normalized spacial score (nSPS) is 16.6. The summed E-state index contributed by atoms with van der Waals surface area (Å²) in [6.45, 7) is 0.536. The van der Waals surface area contributed by atoms with Gasteiger partial charge in [-0.05, 0) is 48.1 Å². The number of benzene rings is 2. The molecule has 0 aromatic heterocycles. The van der Waals surface area contributed by atoms with Crippen molar-refractivity contribution in [1.29, 1.82) is 0 Å². The molecule has 0 fully saturated rings. The quantitative estimate of drug-likeness (QED) is 0.793. The van der Waals surface area contributed by atoms with Gasteiger partial charge in [0.1, 0.15) is 23.9 Å². The Kier molecular flexibility index (Phi) is 3.15. The molecule has 0 unspecified atom stereocenters. The fourth-order valence-electron chi connectivity index (χ4n) is 2.69. The van der Waals surface area contributed by atoms with E-state index in [2.05, 4.69) is 0 Å². The molecule has 0 amide bonds. The van der Waals surface area contributed by atoms with Crippen LogP contribution in [0.2, 0.25) is 0 Å². The highest BCUT2D eigenvalue weighted by atomic mass is 16.5. The van der Waals surface area contributed by atoms with E-state index in [9.17, 15) is 4.79 Å². The van der Waals surface area contributed by atoms with Crippen LogP contribution in [0.15, 0.2) is 48.2 Å². The summed E-state index contributed by atoms with van der Waals surface area (Å²) in [5.41, 5.74) is 2.27. The van der Waals surface area contributed by atoms with E-state index in [4.69, 9.17) is 14.2 Å². The Labute approximate surface area is 133 Å². The van der Waals surface area contributed by atoms with E-state index in [0.717, 1.165) is 22.6 Å². The molecule has 4 nitrogen and oxygen atoms in total. The van der Waals surface area contributed by atoms with Crippen LogP contribution in [-0.2, 0) is 0 Å². The molecule has 2 aliphatic heterocycles. The Morgan fingerprint density at radius 3 is 2.74 bits per heavy atom. The van der Waals surface area contributed by atoms with Crippen LogP contribution in [0.4, 0.5) is 0 Å². The zero-order valence-corrected chi connectivity index (χ0v) is 12.5. The third-order valence-electron chi connectivity index (χ3n) is 3.87. The van der Waals surface area contributed by atoms with Crippen LogP contribution >= 0.6 is 0 Å². The Bertz CT molecular complexity index is 844. The molecule has 0 spiro atoms. The molecule has 0 radical (unpaired) electrons. The van der Waals surface area contributed by atoms with E-state index in [0.29, 0.717) is 23.7 Å². The lowest BCUT2D eigenvalue weighted by atomic mass is 10.0. The van der Waals surface area contributed by atoms with Crippen LogP contribution in [0.1, 0.15) is 21.5 Å². The monoisotopic (exact) mass is 306 g/mol. The van der Waals surface area contributed by atoms with Gasteiger partial charge < -0.3 is 14.2 Å². The molecule has 4 heteroatoms. The molecule has 2 heterocycles. The first-order chi connectivity index (χ1) is 11.3. The highest BCUT2D eigenvalue weighted by molar-refractivity contribution is 6.15. The molecule has 23 heavy (non-hydrogen) atoms. The fraction of sp³-hybridized carbons (Fsp3) is 0.105. The predicted octanol–water partition coefficient (Wildman–Crippen LogP) is 3.72. The van der Waals surface area contributed by atoms with Crippen molar-refractivity contribution in [2.45, 2.75) is 0 Å². The number of methoxy groups -OCH3 is 1. The minimum absolute atomic E-state index is 0.113. The molecule has 4 rings (SSSR count). The van der Waals surface area contributed by atoms with Crippen molar-refractivity contribution in [3.63, 3.8) is 0 Å². The first-order valence-electron chi connectivity index (χ1n) is 7.31. The lowest BCUT2D eigenvalue weighted by Crippen LogP contribution is -2.01. The molecule has 2 aliphatic rings. The first kappa shape index (κ1) is 13.6. The van der Waals surface area contributed by atoms with E-state index in [1.165, 1.54) is 0 Å². The number of allylic oxidation sites excluding steroid dienone is 1. The number of rotatable bonds is 2. The van der Waals surface area contributed by atoms with Gasteiger partial charge in [-0.15, -0.1) is 0 Å². The van der Waals surface area contributed by atoms with Crippen LogP contribution < -0.4 is 14.2 Å². The van der Waals surface area contributed by atoms with Gasteiger partial charge in [0.25, 0.3) is 0 Å². The number of carbonyl (C=O) groups excluding carboxylic acids is 1. The van der Waals surface area contributed by atoms with Gasteiger partial charge in [-0.2, -0.15) is 0 Å². The largest absolute Gasteiger partial charge is 0.497 e. The third-order valence-corrected chi connectivity index (χ3v) is 3.87. The summed E-state index contributed by atoms with van der Waals surface area (Å²) in [4.78, 5) is 12.5. The van der Waals surface area contributed by atoms with Crippen molar-refractivity contribution in [3.05, 3.63) is 64.9 Å². The SMILES string of the molecule is COc1ccc(/C=C2\Oc3c(ccc4c3C=CCO4)C2=O)cc1. The average Bonchev–Trinajstić information content (AvgIpc) is 2.92. The summed E-state index contributed by atoms with van der Waals surface area (Å²) >= 11 is 0. The number of carbonyl (C=O) groups is 1. The van der Waals surface area contributed by atoms with Gasteiger partial charge in [0.2, 0.25) is 5.78 Å². The Balaban J connectivity index is 1.71. The van der Waals surface area contributed by atoms with Crippen LogP contribution in [0.25, 0.3) is 12.2 Å². The lowest BCUT2D eigenvalue weighted by Gasteiger charge is -2.14. The number of fused-ring (bicyclic) bond motifs is 3. The maximum atomic E-state index is 12.5. The second-order valence-corrected chi connectivity index (χ2v) is 5.28. The number of hydrogen-bond donors (Lipinski definition) is 0. The van der Waals surface area contributed by atoms with Crippen LogP contribution in [0.3, 0.4) is 0 Å². The standard InChI is InChI=1S/C19H14O4/c1-21-13-6-4-12(5-7-13)11-17-18(20)15-8-9-16-14(19(15)23-17)3-2-10-22-16/h2-9,11H,10H2,1H3/b17-11-. The molecule has 0 bridgehead atoms. The minimum Gasteiger partial charge on any atom is -0.497 e. The summed E-state index contributed by atoms with van der Waals surface area (Å²) in [5, 5.41) is 0. The molecular formula is C19H14O4. The number of ether oxygens (including phenoxy) is 3. The van der Waals surface area contributed by atoms with E-state index in [1.807, 2.05) is 42.5 Å². The highest BCUT2D eigenvalue weighted by Crippen LogP contribution is 2.41. The molecule has 0 atom stereocenters. The van der Waals surface area contributed by atoms with Crippen molar-refractivity contribution >= 4 is 17.9 Å². The van der Waals surface area contributed by atoms with Gasteiger partial charge in [-0.25, -0.2) is 0 Å². The molecule has 114 valence electrons. The summed E-state index contributed by atoms with van der Waals surface area (Å²) in [7, 11) is 1.62. The van der Waals surface area contributed by atoms with Gasteiger partial charge in [0.15, 0.2) is 5.76 Å². The van der Waals surface area contributed by atoms with Crippen LogP contribution in [0, 0.1) is 0 Å². The summed E-state index contributed by atoms with van der Waals surface area (Å²) in [5.74, 6) is 2.29. The maximum absolute atomic E-state index is 12.5. The molecule has 0 saturated carbocycles. The first-order valence-corrected chi connectivity index (χ1v) is 7.31. The van der Waals surface area contributed by atoms with E-state index >= 15 is 0 Å². The van der Waals surface area contributed by atoms with Crippen molar-refractivity contribution in [2.24, 2.45) is 0 Å². The smallest absolute Gasteiger partial charge is 0.231 e. The molecule has 2 aromatic carbocycles.